The zero-order valence-corrected chi connectivity index (χ0v) is 18.0. The smallest absolute Gasteiger partial charge is 0.325 e. The van der Waals surface area contributed by atoms with Crippen molar-refractivity contribution in [1.82, 2.24) is 0 Å². The highest BCUT2D eigenvalue weighted by Crippen LogP contribution is 2.22. The fourth-order valence-electron chi connectivity index (χ4n) is 3.31. The van der Waals surface area contributed by atoms with Crippen LogP contribution in [0.4, 0.5) is 0 Å². The van der Waals surface area contributed by atoms with Crippen LogP contribution in [0.2, 0.25) is 0 Å². The van der Waals surface area contributed by atoms with Gasteiger partial charge in [0.15, 0.2) is 5.92 Å². The molecule has 0 radical (unpaired) electrons. The van der Waals surface area contributed by atoms with Crippen molar-refractivity contribution in [3.8, 4) is 0 Å². The molecule has 0 aliphatic heterocycles. The Bertz CT molecular complexity index is 908. The molecule has 0 saturated carbocycles. The maximum Gasteiger partial charge on any atom is 0.325 e. The van der Waals surface area contributed by atoms with Gasteiger partial charge in [-0.1, -0.05) is 98.8 Å². The third-order valence-electron chi connectivity index (χ3n) is 4.88. The molecule has 0 bridgehead atoms. The van der Waals surface area contributed by atoms with Crippen LogP contribution in [0.15, 0.2) is 84.9 Å². The summed E-state index contributed by atoms with van der Waals surface area (Å²) in [7, 11) is 0. The highest BCUT2D eigenvalue weighted by Gasteiger charge is 2.32. The first-order valence-electron chi connectivity index (χ1n) is 10.5. The number of hydrogen-bond acceptors (Lipinski definition) is 4. The van der Waals surface area contributed by atoms with Gasteiger partial charge in [-0.25, -0.2) is 0 Å². The van der Waals surface area contributed by atoms with Gasteiger partial charge >= 0.3 is 11.9 Å². The van der Waals surface area contributed by atoms with Crippen LogP contribution in [0, 0.1) is 5.92 Å². The predicted octanol–water partition coefficient (Wildman–Crippen LogP) is 5.46. The normalized spacial score (nSPS) is 10.8. The van der Waals surface area contributed by atoms with Crippen LogP contribution in [0.25, 0.3) is 0 Å². The lowest BCUT2D eigenvalue weighted by molar-refractivity contribution is -0.159. The van der Waals surface area contributed by atoms with Gasteiger partial charge in [0.1, 0.15) is 13.2 Å². The van der Waals surface area contributed by atoms with E-state index in [4.69, 9.17) is 9.47 Å². The highest BCUT2D eigenvalue weighted by atomic mass is 16.6. The summed E-state index contributed by atoms with van der Waals surface area (Å²) in [5, 5.41) is 0. The highest BCUT2D eigenvalue weighted by molar-refractivity contribution is 6.00. The van der Waals surface area contributed by atoms with Gasteiger partial charge < -0.3 is 9.47 Å². The molecule has 3 rings (SSSR count). The van der Waals surface area contributed by atoms with Crippen LogP contribution >= 0.6 is 0 Å². The standard InChI is InChI=1S/C27H28O4/c1-20(2)17-21-13-15-24(16-14-21)25(26(28)30-18-22-9-5-3-6-10-22)27(29)31-19-23-11-7-4-8-12-23/h3-16,20,25H,17-19H2,1-2H3. The SMILES string of the molecule is CC(C)Cc1ccc(C(C(=O)OCc2ccccc2)C(=O)OCc2ccccc2)cc1. The molecule has 160 valence electrons. The quantitative estimate of drug-likeness (QED) is 0.344. The van der Waals surface area contributed by atoms with Gasteiger partial charge in [-0.3, -0.25) is 9.59 Å². The number of ether oxygens (including phenoxy) is 2. The molecule has 0 aliphatic rings. The summed E-state index contributed by atoms with van der Waals surface area (Å²) in [6, 6.07) is 26.3. The minimum Gasteiger partial charge on any atom is -0.460 e. The summed E-state index contributed by atoms with van der Waals surface area (Å²) in [4.78, 5) is 25.8. The van der Waals surface area contributed by atoms with Crippen molar-refractivity contribution in [2.45, 2.75) is 39.4 Å². The first-order chi connectivity index (χ1) is 15.0. The molecule has 4 nitrogen and oxygen atoms in total. The van der Waals surface area contributed by atoms with Crippen molar-refractivity contribution in [3.05, 3.63) is 107 Å². The fraction of sp³-hybridized carbons (Fsp3) is 0.259. The van der Waals surface area contributed by atoms with E-state index in [2.05, 4.69) is 13.8 Å². The van der Waals surface area contributed by atoms with Gasteiger partial charge in [-0.2, -0.15) is 0 Å². The first kappa shape index (κ1) is 22.3. The fourth-order valence-corrected chi connectivity index (χ4v) is 3.31. The number of rotatable bonds is 9. The summed E-state index contributed by atoms with van der Waals surface area (Å²) in [5.41, 5.74) is 3.45. The molecule has 3 aromatic carbocycles. The Labute approximate surface area is 183 Å². The Kier molecular flexibility index (Phi) is 7.99. The molecule has 31 heavy (non-hydrogen) atoms. The molecule has 0 fully saturated rings. The molecule has 0 saturated heterocycles. The average Bonchev–Trinajstić information content (AvgIpc) is 2.79. The van der Waals surface area contributed by atoms with E-state index < -0.39 is 17.9 Å². The Balaban J connectivity index is 1.75. The number of carbonyl (C=O) groups excluding carboxylic acids is 2. The lowest BCUT2D eigenvalue weighted by Crippen LogP contribution is -2.26. The summed E-state index contributed by atoms with van der Waals surface area (Å²) in [6.07, 6.45) is 0.932. The number of benzene rings is 3. The van der Waals surface area contributed by atoms with Crippen LogP contribution in [-0.2, 0) is 38.7 Å². The van der Waals surface area contributed by atoms with E-state index in [9.17, 15) is 9.59 Å². The second-order valence-corrected chi connectivity index (χ2v) is 7.96. The maximum atomic E-state index is 12.9. The average molecular weight is 417 g/mol. The summed E-state index contributed by atoms with van der Waals surface area (Å²) in [6.45, 7) is 4.51. The molecule has 0 aromatic heterocycles. The summed E-state index contributed by atoms with van der Waals surface area (Å²) < 4.78 is 10.9. The Morgan fingerprint density at radius 2 is 1.10 bits per heavy atom. The van der Waals surface area contributed by atoms with Gasteiger partial charge in [0, 0.05) is 0 Å². The lowest BCUT2D eigenvalue weighted by atomic mass is 9.95. The minimum atomic E-state index is -1.12. The monoisotopic (exact) mass is 416 g/mol. The number of esters is 2. The third kappa shape index (κ3) is 6.82. The first-order valence-corrected chi connectivity index (χ1v) is 10.5. The molecule has 0 heterocycles. The van der Waals surface area contributed by atoms with Crippen molar-refractivity contribution in [2.24, 2.45) is 5.92 Å². The largest absolute Gasteiger partial charge is 0.460 e. The van der Waals surface area contributed by atoms with E-state index in [0.717, 1.165) is 23.1 Å². The zero-order chi connectivity index (χ0) is 22.1. The van der Waals surface area contributed by atoms with E-state index in [1.165, 1.54) is 0 Å². The maximum absolute atomic E-state index is 12.9. The second-order valence-electron chi connectivity index (χ2n) is 7.96. The molecule has 3 aromatic rings. The van der Waals surface area contributed by atoms with Crippen molar-refractivity contribution < 1.29 is 19.1 Å². The van der Waals surface area contributed by atoms with E-state index >= 15 is 0 Å². The van der Waals surface area contributed by atoms with E-state index in [-0.39, 0.29) is 13.2 Å². The Morgan fingerprint density at radius 1 is 0.645 bits per heavy atom. The van der Waals surface area contributed by atoms with Gasteiger partial charge in [-0.15, -0.1) is 0 Å². The number of hydrogen-bond donors (Lipinski definition) is 0. The topological polar surface area (TPSA) is 52.6 Å². The molecule has 0 aliphatic carbocycles. The zero-order valence-electron chi connectivity index (χ0n) is 18.0. The minimum absolute atomic E-state index is 0.105. The van der Waals surface area contributed by atoms with E-state index in [1.54, 1.807) is 0 Å². The Hall–Kier alpha value is -3.40. The molecule has 0 amide bonds. The van der Waals surface area contributed by atoms with Gasteiger partial charge in [0.2, 0.25) is 0 Å². The van der Waals surface area contributed by atoms with Gasteiger partial charge in [0.25, 0.3) is 0 Å². The molecular formula is C27H28O4. The van der Waals surface area contributed by atoms with Crippen molar-refractivity contribution >= 4 is 11.9 Å². The molecule has 4 heteroatoms. The third-order valence-corrected chi connectivity index (χ3v) is 4.88. The lowest BCUT2D eigenvalue weighted by Gasteiger charge is -2.17. The second kappa shape index (κ2) is 11.1. The van der Waals surface area contributed by atoms with Crippen molar-refractivity contribution in [3.63, 3.8) is 0 Å². The van der Waals surface area contributed by atoms with Crippen LogP contribution in [0.5, 0.6) is 0 Å². The predicted molar refractivity (Wildman–Crippen MR) is 120 cm³/mol. The van der Waals surface area contributed by atoms with Crippen LogP contribution < -0.4 is 0 Å². The molecule has 0 unspecified atom stereocenters. The van der Waals surface area contributed by atoms with E-state index in [0.29, 0.717) is 11.5 Å². The molecular weight excluding hydrogens is 388 g/mol. The molecule has 0 atom stereocenters. The summed E-state index contributed by atoms with van der Waals surface area (Å²) >= 11 is 0. The molecule has 0 spiro atoms. The van der Waals surface area contributed by atoms with Crippen LogP contribution in [0.3, 0.4) is 0 Å². The van der Waals surface area contributed by atoms with Crippen LogP contribution in [0.1, 0.15) is 42.0 Å². The van der Waals surface area contributed by atoms with Crippen molar-refractivity contribution in [1.29, 1.82) is 0 Å². The van der Waals surface area contributed by atoms with Gasteiger partial charge in [-0.05, 0) is 34.6 Å². The Morgan fingerprint density at radius 3 is 1.52 bits per heavy atom. The number of carbonyl (C=O) groups is 2. The molecule has 0 N–H and O–H groups in total. The van der Waals surface area contributed by atoms with Crippen LogP contribution in [-0.4, -0.2) is 11.9 Å². The van der Waals surface area contributed by atoms with E-state index in [1.807, 2.05) is 84.9 Å². The van der Waals surface area contributed by atoms with Gasteiger partial charge in [0.05, 0.1) is 0 Å². The van der Waals surface area contributed by atoms with Crippen molar-refractivity contribution in [2.75, 3.05) is 0 Å². The summed E-state index contributed by atoms with van der Waals surface area (Å²) in [5.74, 6) is -1.83.